The van der Waals surface area contributed by atoms with Gasteiger partial charge in [0.2, 0.25) is 0 Å². The van der Waals surface area contributed by atoms with Gasteiger partial charge in [-0.05, 0) is 36.1 Å². The van der Waals surface area contributed by atoms with Gasteiger partial charge >= 0.3 is 5.97 Å². The summed E-state index contributed by atoms with van der Waals surface area (Å²) < 4.78 is 4.92. The zero-order valence-electron chi connectivity index (χ0n) is 16.0. The Labute approximate surface area is 179 Å². The SMILES string of the molecule is COC(=O)[C@@H]1C(=O)C2=C(C[C@@H]1C)Nc1ccccc1N[C@H]2c1cccc(Cl)c1Cl. The van der Waals surface area contributed by atoms with Crippen LogP contribution in [0, 0.1) is 11.8 Å². The monoisotopic (exact) mass is 430 g/mol. The summed E-state index contributed by atoms with van der Waals surface area (Å²) in [7, 11) is 1.30. The summed E-state index contributed by atoms with van der Waals surface area (Å²) in [5.41, 5.74) is 3.63. The van der Waals surface area contributed by atoms with Crippen LogP contribution in [0.15, 0.2) is 53.7 Å². The molecule has 0 aromatic heterocycles. The number of halogens is 2. The maximum absolute atomic E-state index is 13.5. The number of esters is 1. The number of Topliss-reactive ketones (excluding diaryl/α,β-unsaturated/α-hetero) is 1. The number of ketones is 1. The molecule has 0 fully saturated rings. The van der Waals surface area contributed by atoms with E-state index in [9.17, 15) is 9.59 Å². The summed E-state index contributed by atoms with van der Waals surface area (Å²) in [6.45, 7) is 1.89. The molecule has 0 spiro atoms. The topological polar surface area (TPSA) is 67.4 Å². The van der Waals surface area contributed by atoms with E-state index >= 15 is 0 Å². The number of benzene rings is 2. The van der Waals surface area contributed by atoms with Gasteiger partial charge in [0.1, 0.15) is 5.92 Å². The van der Waals surface area contributed by atoms with Crippen molar-refractivity contribution in [3.05, 3.63) is 69.3 Å². The fourth-order valence-corrected chi connectivity index (χ4v) is 4.53. The van der Waals surface area contributed by atoms with Gasteiger partial charge < -0.3 is 15.4 Å². The van der Waals surface area contributed by atoms with E-state index in [1.807, 2.05) is 37.3 Å². The molecule has 2 aromatic carbocycles. The molecule has 1 aliphatic heterocycles. The standard InChI is InChI=1S/C22H20Cl2N2O3/c1-11-10-16-18(21(27)17(11)22(28)29-2)20(12-6-5-7-13(23)19(12)24)26-15-9-4-3-8-14(15)25-16/h3-9,11,17,20,25-26H,10H2,1-2H3/t11-,17-,20-/m0/s1. The van der Waals surface area contributed by atoms with Crippen molar-refractivity contribution in [1.82, 2.24) is 0 Å². The lowest BCUT2D eigenvalue weighted by Crippen LogP contribution is -2.39. The fraction of sp³-hybridized carbons (Fsp3) is 0.273. The molecule has 0 unspecified atom stereocenters. The number of anilines is 2. The van der Waals surface area contributed by atoms with Crippen molar-refractivity contribution in [3.63, 3.8) is 0 Å². The molecule has 0 radical (unpaired) electrons. The van der Waals surface area contributed by atoms with Gasteiger partial charge in [0.15, 0.2) is 5.78 Å². The summed E-state index contributed by atoms with van der Waals surface area (Å²) in [4.78, 5) is 25.9. The molecule has 2 aliphatic rings. The van der Waals surface area contributed by atoms with Crippen LogP contribution in [0.1, 0.15) is 24.9 Å². The average molecular weight is 431 g/mol. The lowest BCUT2D eigenvalue weighted by Gasteiger charge is -2.32. The van der Waals surface area contributed by atoms with Crippen molar-refractivity contribution in [2.24, 2.45) is 11.8 Å². The molecule has 0 saturated carbocycles. The minimum absolute atomic E-state index is 0.193. The van der Waals surface area contributed by atoms with Gasteiger partial charge in [-0.3, -0.25) is 9.59 Å². The van der Waals surface area contributed by atoms with Crippen LogP contribution in [-0.2, 0) is 14.3 Å². The number of rotatable bonds is 2. The van der Waals surface area contributed by atoms with Gasteiger partial charge in [-0.2, -0.15) is 0 Å². The second-order valence-corrected chi connectivity index (χ2v) is 8.11. The molecule has 150 valence electrons. The van der Waals surface area contributed by atoms with Crippen molar-refractivity contribution < 1.29 is 14.3 Å². The van der Waals surface area contributed by atoms with E-state index in [1.165, 1.54) is 7.11 Å². The summed E-state index contributed by atoms with van der Waals surface area (Å²) in [5.74, 6) is -1.84. The number of hydrogen-bond acceptors (Lipinski definition) is 5. The Morgan fingerprint density at radius 3 is 2.55 bits per heavy atom. The minimum atomic E-state index is -0.857. The van der Waals surface area contributed by atoms with Crippen LogP contribution in [0.2, 0.25) is 10.0 Å². The second-order valence-electron chi connectivity index (χ2n) is 7.33. The highest BCUT2D eigenvalue weighted by Crippen LogP contribution is 2.45. The van der Waals surface area contributed by atoms with E-state index < -0.39 is 17.9 Å². The van der Waals surface area contributed by atoms with Crippen LogP contribution >= 0.6 is 23.2 Å². The van der Waals surface area contributed by atoms with Crippen molar-refractivity contribution in [1.29, 1.82) is 0 Å². The molecule has 0 bridgehead atoms. The number of ether oxygens (including phenoxy) is 1. The maximum atomic E-state index is 13.5. The van der Waals surface area contributed by atoms with Crippen LogP contribution in [0.25, 0.3) is 0 Å². The van der Waals surface area contributed by atoms with Crippen molar-refractivity contribution in [2.75, 3.05) is 17.7 Å². The Kier molecular flexibility index (Phi) is 5.28. The first-order chi connectivity index (χ1) is 13.9. The van der Waals surface area contributed by atoms with Crippen molar-refractivity contribution >= 4 is 46.3 Å². The second kappa shape index (κ2) is 7.73. The molecule has 29 heavy (non-hydrogen) atoms. The van der Waals surface area contributed by atoms with Crippen LogP contribution in [0.4, 0.5) is 11.4 Å². The smallest absolute Gasteiger partial charge is 0.316 e. The number of nitrogens with one attached hydrogen (secondary N) is 2. The zero-order chi connectivity index (χ0) is 20.7. The first-order valence-electron chi connectivity index (χ1n) is 9.34. The maximum Gasteiger partial charge on any atom is 0.316 e. The lowest BCUT2D eigenvalue weighted by molar-refractivity contribution is -0.151. The molecule has 2 N–H and O–H groups in total. The molecule has 0 saturated heterocycles. The molecule has 1 heterocycles. The molecule has 0 amide bonds. The van der Waals surface area contributed by atoms with Gasteiger partial charge in [0.05, 0.1) is 34.6 Å². The summed E-state index contributed by atoms with van der Waals surface area (Å²) >= 11 is 12.8. The third kappa shape index (κ3) is 3.38. The van der Waals surface area contributed by atoms with Crippen LogP contribution in [-0.4, -0.2) is 18.9 Å². The van der Waals surface area contributed by atoms with Crippen molar-refractivity contribution in [2.45, 2.75) is 19.4 Å². The van der Waals surface area contributed by atoms with Crippen LogP contribution < -0.4 is 10.6 Å². The highest BCUT2D eigenvalue weighted by Gasteiger charge is 2.44. The van der Waals surface area contributed by atoms with E-state index in [2.05, 4.69) is 10.6 Å². The third-order valence-corrected chi connectivity index (χ3v) is 6.35. The highest BCUT2D eigenvalue weighted by atomic mass is 35.5. The zero-order valence-corrected chi connectivity index (χ0v) is 17.5. The Balaban J connectivity index is 1.92. The van der Waals surface area contributed by atoms with Crippen LogP contribution in [0.5, 0.6) is 0 Å². The lowest BCUT2D eigenvalue weighted by atomic mass is 9.75. The first kappa shape index (κ1) is 19.8. The van der Waals surface area contributed by atoms with Gasteiger partial charge in [-0.1, -0.05) is 54.4 Å². The van der Waals surface area contributed by atoms with E-state index in [0.29, 0.717) is 27.6 Å². The predicted octanol–water partition coefficient (Wildman–Crippen LogP) is 5.22. The molecule has 3 atom stereocenters. The Morgan fingerprint density at radius 2 is 1.83 bits per heavy atom. The van der Waals surface area contributed by atoms with E-state index in [0.717, 1.165) is 17.1 Å². The summed E-state index contributed by atoms with van der Waals surface area (Å²) in [6.07, 6.45) is 0.533. The number of carbonyl (C=O) groups excluding carboxylic acids is 2. The normalized spacial score (nSPS) is 23.3. The Hall–Kier alpha value is -2.50. The number of carbonyl (C=O) groups is 2. The minimum Gasteiger partial charge on any atom is -0.468 e. The number of allylic oxidation sites excluding steroid dienone is 1. The van der Waals surface area contributed by atoms with Gasteiger partial charge in [0, 0.05) is 11.3 Å². The van der Waals surface area contributed by atoms with E-state index in [-0.39, 0.29) is 11.7 Å². The van der Waals surface area contributed by atoms with E-state index in [1.54, 1.807) is 12.1 Å². The largest absolute Gasteiger partial charge is 0.468 e. The molecule has 1 aliphatic carbocycles. The first-order valence-corrected chi connectivity index (χ1v) is 10.1. The summed E-state index contributed by atoms with van der Waals surface area (Å²) in [6, 6.07) is 12.5. The number of fused-ring (bicyclic) bond motifs is 1. The molecule has 7 heteroatoms. The van der Waals surface area contributed by atoms with Gasteiger partial charge in [0.25, 0.3) is 0 Å². The third-order valence-electron chi connectivity index (χ3n) is 5.52. The number of para-hydroxylation sites is 2. The quantitative estimate of drug-likeness (QED) is 0.504. The molecule has 2 aromatic rings. The van der Waals surface area contributed by atoms with Crippen molar-refractivity contribution in [3.8, 4) is 0 Å². The predicted molar refractivity (Wildman–Crippen MR) is 114 cm³/mol. The fourth-order valence-electron chi connectivity index (χ4n) is 4.11. The van der Waals surface area contributed by atoms with Gasteiger partial charge in [-0.15, -0.1) is 0 Å². The molecular weight excluding hydrogens is 411 g/mol. The molecule has 4 rings (SSSR count). The number of hydrogen-bond donors (Lipinski definition) is 2. The number of methoxy groups -OCH3 is 1. The summed E-state index contributed by atoms with van der Waals surface area (Å²) in [5, 5.41) is 7.61. The highest BCUT2D eigenvalue weighted by molar-refractivity contribution is 6.42. The Morgan fingerprint density at radius 1 is 1.10 bits per heavy atom. The van der Waals surface area contributed by atoms with Gasteiger partial charge in [-0.25, -0.2) is 0 Å². The molecular formula is C22H20Cl2N2O3. The Bertz CT molecular complexity index is 1030. The average Bonchev–Trinajstić information content (AvgIpc) is 2.86. The van der Waals surface area contributed by atoms with E-state index in [4.69, 9.17) is 27.9 Å². The van der Waals surface area contributed by atoms with Crippen LogP contribution in [0.3, 0.4) is 0 Å². The molecule has 5 nitrogen and oxygen atoms in total.